The molecule has 1 aliphatic rings. The molecule has 5 nitrogen and oxygen atoms in total. The van der Waals surface area contributed by atoms with Gasteiger partial charge in [0, 0.05) is 50.7 Å². The first kappa shape index (κ1) is 21.9. The van der Waals surface area contributed by atoms with E-state index < -0.39 is 12.7 Å². The summed E-state index contributed by atoms with van der Waals surface area (Å²) in [6, 6.07) is 0. The topological polar surface area (TPSA) is 43.8 Å². The zero-order chi connectivity index (χ0) is 19.9. The Labute approximate surface area is 163 Å². The van der Waals surface area contributed by atoms with E-state index in [0.29, 0.717) is 13.1 Å². The molecule has 1 N–H and O–H groups in total. The molecule has 1 aliphatic heterocycles. The second-order valence-corrected chi connectivity index (χ2v) is 8.04. The lowest BCUT2D eigenvalue weighted by atomic mass is 10.1. The van der Waals surface area contributed by atoms with E-state index in [1.165, 1.54) is 9.78 Å². The molecule has 0 saturated carbocycles. The number of aryl methyl sites for hydroxylation is 1. The highest BCUT2D eigenvalue weighted by Crippen LogP contribution is 2.21. The van der Waals surface area contributed by atoms with E-state index in [4.69, 9.17) is 0 Å². The smallest absolute Gasteiger partial charge is 0.356 e. The van der Waals surface area contributed by atoms with Crippen LogP contribution in [0.4, 0.5) is 13.2 Å². The summed E-state index contributed by atoms with van der Waals surface area (Å²) < 4.78 is 37.9. The summed E-state index contributed by atoms with van der Waals surface area (Å²) in [5, 5.41) is 4.47. The van der Waals surface area contributed by atoms with E-state index in [0.717, 1.165) is 49.9 Å². The fourth-order valence-corrected chi connectivity index (χ4v) is 4.20. The number of hydrogen-bond donors (Lipinski definition) is 1. The van der Waals surface area contributed by atoms with Crippen molar-refractivity contribution in [3.8, 4) is 0 Å². The molecule has 27 heavy (non-hydrogen) atoms. The molecule has 1 atom stereocenters. The molecule has 0 aliphatic carbocycles. The average Bonchev–Trinajstić information content (AvgIpc) is 3.26. The fourth-order valence-electron chi connectivity index (χ4n) is 3.34. The number of nitrogens with one attached hydrogen (secondary N) is 1. The van der Waals surface area contributed by atoms with Gasteiger partial charge >= 0.3 is 6.18 Å². The number of aliphatic imine (C=N–C) groups is 1. The molecule has 1 fully saturated rings. The first-order chi connectivity index (χ1) is 12.8. The van der Waals surface area contributed by atoms with Gasteiger partial charge in [-0.25, -0.2) is 4.98 Å². The molecule has 1 aromatic rings. The van der Waals surface area contributed by atoms with Gasteiger partial charge in [-0.3, -0.25) is 9.89 Å². The molecule has 2 rings (SSSR count). The maximum absolute atomic E-state index is 12.6. The number of thiazole rings is 1. The van der Waals surface area contributed by atoms with Gasteiger partial charge in [-0.15, -0.1) is 11.3 Å². The monoisotopic (exact) mass is 405 g/mol. The molecular weight excluding hydrogens is 375 g/mol. The van der Waals surface area contributed by atoms with Crippen LogP contribution in [0.15, 0.2) is 11.2 Å². The zero-order valence-electron chi connectivity index (χ0n) is 16.3. The van der Waals surface area contributed by atoms with Crippen LogP contribution in [0, 0.1) is 5.92 Å². The van der Waals surface area contributed by atoms with Crippen LogP contribution in [0.1, 0.15) is 30.2 Å². The van der Waals surface area contributed by atoms with Gasteiger partial charge in [0.05, 0.1) is 11.6 Å². The molecule has 1 saturated heterocycles. The number of aromatic nitrogens is 1. The highest BCUT2D eigenvalue weighted by atomic mass is 32.1. The minimum Gasteiger partial charge on any atom is -0.356 e. The summed E-state index contributed by atoms with van der Waals surface area (Å²) in [7, 11) is 1.75. The minimum absolute atomic E-state index is 0.233. The molecule has 0 spiro atoms. The van der Waals surface area contributed by atoms with Gasteiger partial charge in [0.25, 0.3) is 0 Å². The zero-order valence-corrected chi connectivity index (χ0v) is 17.2. The number of alkyl halides is 3. The third-order valence-corrected chi connectivity index (χ3v) is 5.94. The second kappa shape index (κ2) is 10.3. The van der Waals surface area contributed by atoms with Gasteiger partial charge in [-0.05, 0) is 25.3 Å². The first-order valence-corrected chi connectivity index (χ1v) is 10.3. The Kier molecular flexibility index (Phi) is 8.34. The SMILES string of the molecule is CCc1cnc(CCNC(=NC)N2CCC(CN(CC)CC(F)(F)F)C2)s1. The molecule has 0 bridgehead atoms. The summed E-state index contributed by atoms with van der Waals surface area (Å²) in [5.74, 6) is 1.06. The fraction of sp³-hybridized carbons (Fsp3) is 0.778. The van der Waals surface area contributed by atoms with Gasteiger partial charge in [-0.1, -0.05) is 13.8 Å². The molecular formula is C18H30F3N5S. The van der Waals surface area contributed by atoms with E-state index in [2.05, 4.69) is 27.1 Å². The van der Waals surface area contributed by atoms with E-state index >= 15 is 0 Å². The molecule has 1 unspecified atom stereocenters. The van der Waals surface area contributed by atoms with Crippen LogP contribution in [-0.2, 0) is 12.8 Å². The van der Waals surface area contributed by atoms with Crippen LogP contribution in [-0.4, -0.2) is 73.2 Å². The lowest BCUT2D eigenvalue weighted by molar-refractivity contribution is -0.146. The van der Waals surface area contributed by atoms with Crippen molar-refractivity contribution >= 4 is 17.3 Å². The van der Waals surface area contributed by atoms with Crippen molar-refractivity contribution in [1.82, 2.24) is 20.1 Å². The maximum atomic E-state index is 12.6. The standard InChI is InChI=1S/C18H30F3N5S/c1-4-15-10-24-16(27-15)6-8-23-17(22-3)26-9-7-14(12-26)11-25(5-2)13-18(19,20)21/h10,14H,4-9,11-13H2,1-3H3,(H,22,23). The van der Waals surface area contributed by atoms with Crippen molar-refractivity contribution in [2.45, 2.75) is 39.3 Å². The Morgan fingerprint density at radius 2 is 2.22 bits per heavy atom. The summed E-state index contributed by atoms with van der Waals surface area (Å²) in [6.07, 6.45) is 0.530. The predicted octanol–water partition coefficient (Wildman–Crippen LogP) is 3.03. The second-order valence-electron chi connectivity index (χ2n) is 6.84. The average molecular weight is 406 g/mol. The van der Waals surface area contributed by atoms with Crippen molar-refractivity contribution < 1.29 is 13.2 Å². The number of guanidine groups is 1. The lowest BCUT2D eigenvalue weighted by Crippen LogP contribution is -2.42. The number of halogens is 3. The number of likely N-dealkylation sites (tertiary alicyclic amines) is 1. The van der Waals surface area contributed by atoms with Gasteiger partial charge in [0.1, 0.15) is 0 Å². The van der Waals surface area contributed by atoms with E-state index in [9.17, 15) is 13.2 Å². The quantitative estimate of drug-likeness (QED) is 0.533. The number of hydrogen-bond acceptors (Lipinski definition) is 4. The predicted molar refractivity (Wildman–Crippen MR) is 104 cm³/mol. The van der Waals surface area contributed by atoms with Gasteiger partial charge in [0.2, 0.25) is 0 Å². The first-order valence-electron chi connectivity index (χ1n) is 9.52. The maximum Gasteiger partial charge on any atom is 0.401 e. The summed E-state index contributed by atoms with van der Waals surface area (Å²) in [6.45, 7) is 6.27. The third kappa shape index (κ3) is 7.29. The Balaban J connectivity index is 1.77. The normalized spacial score (nSPS) is 18.6. The third-order valence-electron chi connectivity index (χ3n) is 4.74. The van der Waals surface area contributed by atoms with Crippen molar-refractivity contribution in [3.05, 3.63) is 16.1 Å². The van der Waals surface area contributed by atoms with Crippen molar-refractivity contribution in [3.63, 3.8) is 0 Å². The Bertz CT molecular complexity index is 602. The Morgan fingerprint density at radius 1 is 1.44 bits per heavy atom. The molecule has 154 valence electrons. The van der Waals surface area contributed by atoms with Gasteiger partial charge in [-0.2, -0.15) is 13.2 Å². The summed E-state index contributed by atoms with van der Waals surface area (Å²) in [4.78, 5) is 13.7. The van der Waals surface area contributed by atoms with Crippen LogP contribution in [0.25, 0.3) is 0 Å². The van der Waals surface area contributed by atoms with Crippen molar-refractivity contribution in [1.29, 1.82) is 0 Å². The number of nitrogens with zero attached hydrogens (tertiary/aromatic N) is 4. The summed E-state index contributed by atoms with van der Waals surface area (Å²) >= 11 is 1.74. The van der Waals surface area contributed by atoms with Crippen LogP contribution < -0.4 is 5.32 Å². The van der Waals surface area contributed by atoms with Crippen LogP contribution in [0.5, 0.6) is 0 Å². The van der Waals surface area contributed by atoms with E-state index in [1.807, 2.05) is 6.20 Å². The number of rotatable bonds is 8. The van der Waals surface area contributed by atoms with E-state index in [-0.39, 0.29) is 5.92 Å². The molecule has 0 aromatic carbocycles. The molecule has 1 aromatic heterocycles. The molecule has 9 heteroatoms. The van der Waals surface area contributed by atoms with Crippen molar-refractivity contribution in [2.24, 2.45) is 10.9 Å². The van der Waals surface area contributed by atoms with E-state index in [1.54, 1.807) is 25.3 Å². The van der Waals surface area contributed by atoms with Crippen molar-refractivity contribution in [2.75, 3.05) is 46.3 Å². The lowest BCUT2D eigenvalue weighted by Gasteiger charge is -2.26. The Morgan fingerprint density at radius 3 is 2.81 bits per heavy atom. The highest BCUT2D eigenvalue weighted by Gasteiger charge is 2.32. The molecule has 2 heterocycles. The van der Waals surface area contributed by atoms with Gasteiger partial charge in [0.15, 0.2) is 5.96 Å². The minimum atomic E-state index is -4.14. The van der Waals surface area contributed by atoms with Crippen LogP contribution in [0.2, 0.25) is 0 Å². The molecule has 0 amide bonds. The summed E-state index contributed by atoms with van der Waals surface area (Å²) in [5.41, 5.74) is 0. The highest BCUT2D eigenvalue weighted by molar-refractivity contribution is 7.11. The van der Waals surface area contributed by atoms with Gasteiger partial charge < -0.3 is 10.2 Å². The molecule has 0 radical (unpaired) electrons. The van der Waals surface area contributed by atoms with Crippen LogP contribution in [0.3, 0.4) is 0 Å². The van der Waals surface area contributed by atoms with Crippen LogP contribution >= 0.6 is 11.3 Å². The largest absolute Gasteiger partial charge is 0.401 e. The Hall–Kier alpha value is -1.35.